The van der Waals surface area contributed by atoms with Crippen LogP contribution >= 0.6 is 31.9 Å². The minimum Gasteiger partial charge on any atom is -0.287 e. The van der Waals surface area contributed by atoms with Gasteiger partial charge in [0, 0.05) is 16.6 Å². The van der Waals surface area contributed by atoms with Crippen LogP contribution < -0.4 is 0 Å². The molecule has 0 amide bonds. The fourth-order valence-electron chi connectivity index (χ4n) is 1.63. The molecule has 0 radical (unpaired) electrons. The number of benzene rings is 1. The smallest absolute Gasteiger partial charge is 0.213 e. The SMILES string of the molecule is CCn1ncc(Br)c1C(=O)c1ccc(F)cc1Br. The quantitative estimate of drug-likeness (QED) is 0.765. The molecule has 6 heteroatoms. The van der Waals surface area contributed by atoms with Gasteiger partial charge in [-0.25, -0.2) is 4.39 Å². The fraction of sp³-hybridized carbons (Fsp3) is 0.167. The third kappa shape index (κ3) is 2.40. The van der Waals surface area contributed by atoms with E-state index in [1.807, 2.05) is 6.92 Å². The van der Waals surface area contributed by atoms with Crippen molar-refractivity contribution in [2.45, 2.75) is 13.5 Å². The van der Waals surface area contributed by atoms with Crippen LogP contribution in [0.2, 0.25) is 0 Å². The molecule has 2 rings (SSSR count). The van der Waals surface area contributed by atoms with Crippen molar-refractivity contribution in [1.82, 2.24) is 9.78 Å². The molecular formula is C12H9Br2FN2O. The molecule has 18 heavy (non-hydrogen) atoms. The fourth-order valence-corrected chi connectivity index (χ4v) is 2.64. The largest absolute Gasteiger partial charge is 0.287 e. The highest BCUT2D eigenvalue weighted by atomic mass is 79.9. The summed E-state index contributed by atoms with van der Waals surface area (Å²) < 4.78 is 15.7. The monoisotopic (exact) mass is 374 g/mol. The second-order valence-corrected chi connectivity index (χ2v) is 5.32. The van der Waals surface area contributed by atoms with Gasteiger partial charge < -0.3 is 0 Å². The Morgan fingerprint density at radius 2 is 2.11 bits per heavy atom. The number of carbonyl (C=O) groups excluding carboxylic acids is 1. The summed E-state index contributed by atoms with van der Waals surface area (Å²) in [5.74, 6) is -0.588. The molecule has 0 fully saturated rings. The van der Waals surface area contributed by atoms with Crippen molar-refractivity contribution in [2.24, 2.45) is 0 Å². The van der Waals surface area contributed by atoms with Gasteiger partial charge in [0.15, 0.2) is 0 Å². The Bertz CT molecular complexity index is 610. The number of aryl methyl sites for hydroxylation is 1. The lowest BCUT2D eigenvalue weighted by atomic mass is 10.1. The summed E-state index contributed by atoms with van der Waals surface area (Å²) in [6.07, 6.45) is 1.58. The number of rotatable bonds is 3. The first-order valence-corrected chi connectivity index (χ1v) is 6.84. The molecule has 0 bridgehead atoms. The summed E-state index contributed by atoms with van der Waals surface area (Å²) in [7, 11) is 0. The highest BCUT2D eigenvalue weighted by Gasteiger charge is 2.20. The Morgan fingerprint density at radius 3 is 2.72 bits per heavy atom. The highest BCUT2D eigenvalue weighted by Crippen LogP contribution is 2.25. The predicted octanol–water partition coefficient (Wildman–Crippen LogP) is 3.80. The van der Waals surface area contributed by atoms with Crippen molar-refractivity contribution in [3.05, 3.63) is 50.4 Å². The zero-order valence-corrected chi connectivity index (χ0v) is 12.6. The lowest BCUT2D eigenvalue weighted by Crippen LogP contribution is -2.11. The van der Waals surface area contributed by atoms with Crippen molar-refractivity contribution in [1.29, 1.82) is 0 Å². The minimum atomic E-state index is -0.388. The van der Waals surface area contributed by atoms with Crippen LogP contribution in [0.3, 0.4) is 0 Å². The first kappa shape index (κ1) is 13.4. The van der Waals surface area contributed by atoms with Gasteiger partial charge in [0.05, 0.1) is 10.7 Å². The van der Waals surface area contributed by atoms with Crippen LogP contribution in [0.15, 0.2) is 33.3 Å². The molecule has 2 aromatic rings. The van der Waals surface area contributed by atoms with Crippen LogP contribution in [0.1, 0.15) is 23.0 Å². The van der Waals surface area contributed by atoms with Crippen molar-refractivity contribution < 1.29 is 9.18 Å². The molecule has 1 heterocycles. The molecule has 1 aromatic heterocycles. The second-order valence-electron chi connectivity index (χ2n) is 3.61. The minimum absolute atomic E-state index is 0.201. The number of ketones is 1. The van der Waals surface area contributed by atoms with Crippen LogP contribution in [-0.4, -0.2) is 15.6 Å². The highest BCUT2D eigenvalue weighted by molar-refractivity contribution is 9.10. The molecule has 1 aromatic carbocycles. The van der Waals surface area contributed by atoms with E-state index in [4.69, 9.17) is 0 Å². The van der Waals surface area contributed by atoms with E-state index in [-0.39, 0.29) is 11.6 Å². The number of hydrogen-bond donors (Lipinski definition) is 0. The van der Waals surface area contributed by atoms with Gasteiger partial charge in [0.1, 0.15) is 11.5 Å². The summed E-state index contributed by atoms with van der Waals surface area (Å²) in [6, 6.07) is 3.99. The Balaban J connectivity index is 2.51. The molecule has 0 N–H and O–H groups in total. The number of nitrogens with zero attached hydrogens (tertiary/aromatic N) is 2. The van der Waals surface area contributed by atoms with Crippen molar-refractivity contribution in [3.8, 4) is 0 Å². The second kappa shape index (κ2) is 5.32. The summed E-state index contributed by atoms with van der Waals surface area (Å²) >= 11 is 6.50. The zero-order chi connectivity index (χ0) is 13.3. The summed E-state index contributed by atoms with van der Waals surface area (Å²) in [6.45, 7) is 2.49. The van der Waals surface area contributed by atoms with Crippen molar-refractivity contribution >= 4 is 37.6 Å². The Kier molecular flexibility index (Phi) is 3.97. The number of hydrogen-bond acceptors (Lipinski definition) is 2. The summed E-state index contributed by atoms with van der Waals surface area (Å²) in [5.41, 5.74) is 0.872. The van der Waals surface area contributed by atoms with E-state index in [1.54, 1.807) is 10.9 Å². The molecule has 0 spiro atoms. The van der Waals surface area contributed by atoms with Crippen LogP contribution in [0.5, 0.6) is 0 Å². The molecule has 0 saturated carbocycles. The van der Waals surface area contributed by atoms with E-state index in [2.05, 4.69) is 37.0 Å². The van der Waals surface area contributed by atoms with E-state index in [0.717, 1.165) is 0 Å². The average Bonchev–Trinajstić information content (AvgIpc) is 2.69. The lowest BCUT2D eigenvalue weighted by Gasteiger charge is -2.06. The van der Waals surface area contributed by atoms with Gasteiger partial charge in [0.25, 0.3) is 0 Å². The van der Waals surface area contributed by atoms with Gasteiger partial charge in [-0.1, -0.05) is 0 Å². The molecule has 0 aliphatic rings. The van der Waals surface area contributed by atoms with E-state index < -0.39 is 0 Å². The van der Waals surface area contributed by atoms with Gasteiger partial charge in [-0.3, -0.25) is 9.48 Å². The molecular weight excluding hydrogens is 367 g/mol. The van der Waals surface area contributed by atoms with Gasteiger partial charge in [-0.2, -0.15) is 5.10 Å². The number of carbonyl (C=O) groups is 1. The zero-order valence-electron chi connectivity index (χ0n) is 9.45. The first-order chi connectivity index (χ1) is 8.54. The maximum Gasteiger partial charge on any atom is 0.213 e. The Hall–Kier alpha value is -1.01. The van der Waals surface area contributed by atoms with E-state index >= 15 is 0 Å². The van der Waals surface area contributed by atoms with Crippen molar-refractivity contribution in [3.63, 3.8) is 0 Å². The maximum atomic E-state index is 13.0. The maximum absolute atomic E-state index is 13.0. The summed E-state index contributed by atoms with van der Waals surface area (Å²) in [5, 5.41) is 4.09. The molecule has 0 saturated heterocycles. The molecule has 0 aliphatic carbocycles. The first-order valence-electron chi connectivity index (χ1n) is 5.25. The molecule has 94 valence electrons. The topological polar surface area (TPSA) is 34.9 Å². The number of halogens is 3. The third-order valence-corrected chi connectivity index (χ3v) is 3.72. The van der Waals surface area contributed by atoms with E-state index in [9.17, 15) is 9.18 Å². The lowest BCUT2D eigenvalue weighted by molar-refractivity contribution is 0.102. The molecule has 3 nitrogen and oxygen atoms in total. The average molecular weight is 376 g/mol. The van der Waals surface area contributed by atoms with E-state index in [1.165, 1.54) is 18.2 Å². The Morgan fingerprint density at radius 1 is 1.39 bits per heavy atom. The van der Waals surface area contributed by atoms with Crippen molar-refractivity contribution in [2.75, 3.05) is 0 Å². The van der Waals surface area contributed by atoms with Crippen LogP contribution in [-0.2, 0) is 6.54 Å². The molecule has 0 aliphatic heterocycles. The number of aromatic nitrogens is 2. The van der Waals surface area contributed by atoms with Gasteiger partial charge in [0.2, 0.25) is 5.78 Å². The van der Waals surface area contributed by atoms with Crippen LogP contribution in [0.4, 0.5) is 4.39 Å². The normalized spacial score (nSPS) is 10.7. The molecule has 0 unspecified atom stereocenters. The standard InChI is InChI=1S/C12H9Br2FN2O/c1-2-17-11(10(14)6-16-17)12(18)8-4-3-7(15)5-9(8)13/h3-6H,2H2,1H3. The summed E-state index contributed by atoms with van der Waals surface area (Å²) in [4.78, 5) is 12.4. The van der Waals surface area contributed by atoms with Gasteiger partial charge in [-0.05, 0) is 57.0 Å². The molecule has 0 atom stereocenters. The van der Waals surface area contributed by atoms with E-state index in [0.29, 0.717) is 26.7 Å². The van der Waals surface area contributed by atoms with Crippen LogP contribution in [0, 0.1) is 5.82 Å². The van der Waals surface area contributed by atoms with Gasteiger partial charge in [-0.15, -0.1) is 0 Å². The van der Waals surface area contributed by atoms with Crippen LogP contribution in [0.25, 0.3) is 0 Å². The third-order valence-electron chi connectivity index (χ3n) is 2.49. The van der Waals surface area contributed by atoms with Gasteiger partial charge >= 0.3 is 0 Å². The predicted molar refractivity (Wildman–Crippen MR) is 73.1 cm³/mol. The Labute approximate surface area is 120 Å².